The minimum absolute atomic E-state index is 0.00195. The number of halogens is 3. The van der Waals surface area contributed by atoms with Crippen LogP contribution < -0.4 is 0 Å². The molecule has 2 heterocycles. The maximum absolute atomic E-state index is 13.1. The van der Waals surface area contributed by atoms with Crippen molar-refractivity contribution in [2.75, 3.05) is 13.6 Å². The van der Waals surface area contributed by atoms with E-state index in [4.69, 9.17) is 4.84 Å². The Bertz CT molecular complexity index is 1010. The van der Waals surface area contributed by atoms with Crippen LogP contribution in [-0.4, -0.2) is 41.0 Å². The standard InChI is InChI=1S/C22H22F3N3O2/c1-21(13-19(29)28-11-10-15-6-3-4-7-17(15)14-28)26-20(27(2)30-21)16-8-5-9-18(12-16)22(23,24)25/h3-9,12H,10-11,13-14H2,1-2H3. The third-order valence-electron chi connectivity index (χ3n) is 5.38. The summed E-state index contributed by atoms with van der Waals surface area (Å²) >= 11 is 0. The van der Waals surface area contributed by atoms with E-state index in [-0.39, 0.29) is 23.7 Å². The molecule has 0 fully saturated rings. The number of rotatable bonds is 3. The van der Waals surface area contributed by atoms with Crippen molar-refractivity contribution in [3.8, 4) is 0 Å². The zero-order valence-electron chi connectivity index (χ0n) is 16.7. The monoisotopic (exact) mass is 417 g/mol. The van der Waals surface area contributed by atoms with Crippen molar-refractivity contribution in [1.29, 1.82) is 0 Å². The second kappa shape index (κ2) is 7.43. The molecule has 4 rings (SSSR count). The minimum atomic E-state index is -4.45. The van der Waals surface area contributed by atoms with Gasteiger partial charge in [-0.1, -0.05) is 36.4 Å². The molecule has 30 heavy (non-hydrogen) atoms. The lowest BCUT2D eigenvalue weighted by molar-refractivity contribution is -0.171. The molecule has 158 valence electrons. The molecule has 0 bridgehead atoms. The fraction of sp³-hybridized carbons (Fsp3) is 0.364. The highest BCUT2D eigenvalue weighted by atomic mass is 19.4. The van der Waals surface area contributed by atoms with E-state index in [1.54, 1.807) is 24.9 Å². The number of amides is 1. The van der Waals surface area contributed by atoms with Gasteiger partial charge < -0.3 is 4.90 Å². The summed E-state index contributed by atoms with van der Waals surface area (Å²) in [5.41, 5.74) is 0.726. The number of alkyl halides is 3. The Labute approximate surface area is 172 Å². The van der Waals surface area contributed by atoms with E-state index in [9.17, 15) is 18.0 Å². The summed E-state index contributed by atoms with van der Waals surface area (Å²) < 4.78 is 39.2. The Morgan fingerprint density at radius 2 is 1.90 bits per heavy atom. The van der Waals surface area contributed by atoms with Crippen LogP contribution >= 0.6 is 0 Å². The third-order valence-corrected chi connectivity index (χ3v) is 5.38. The molecule has 0 radical (unpaired) electrons. The van der Waals surface area contributed by atoms with Gasteiger partial charge in [-0.05, 0) is 36.6 Å². The van der Waals surface area contributed by atoms with Gasteiger partial charge in [0.2, 0.25) is 5.91 Å². The molecule has 0 spiro atoms. The van der Waals surface area contributed by atoms with Gasteiger partial charge in [-0.15, -0.1) is 0 Å². The van der Waals surface area contributed by atoms with Gasteiger partial charge in [0.05, 0.1) is 12.0 Å². The Balaban J connectivity index is 1.51. The van der Waals surface area contributed by atoms with Crippen LogP contribution in [0.1, 0.15) is 35.6 Å². The number of nitrogens with zero attached hydrogens (tertiary/aromatic N) is 3. The number of fused-ring (bicyclic) bond motifs is 1. The van der Waals surface area contributed by atoms with Gasteiger partial charge in [0.25, 0.3) is 0 Å². The van der Waals surface area contributed by atoms with Crippen molar-refractivity contribution in [1.82, 2.24) is 9.96 Å². The first-order valence-electron chi connectivity index (χ1n) is 9.69. The van der Waals surface area contributed by atoms with Crippen LogP contribution in [0.15, 0.2) is 53.5 Å². The van der Waals surface area contributed by atoms with Crippen molar-refractivity contribution in [3.63, 3.8) is 0 Å². The molecule has 0 N–H and O–H groups in total. The van der Waals surface area contributed by atoms with E-state index >= 15 is 0 Å². The molecule has 8 heteroatoms. The quantitative estimate of drug-likeness (QED) is 0.758. The van der Waals surface area contributed by atoms with Crippen LogP contribution in [0, 0.1) is 0 Å². The largest absolute Gasteiger partial charge is 0.416 e. The molecule has 0 saturated heterocycles. The number of amidine groups is 1. The molecule has 1 unspecified atom stereocenters. The zero-order valence-corrected chi connectivity index (χ0v) is 16.7. The van der Waals surface area contributed by atoms with Crippen molar-refractivity contribution >= 4 is 11.7 Å². The fourth-order valence-electron chi connectivity index (χ4n) is 3.91. The predicted molar refractivity (Wildman–Crippen MR) is 105 cm³/mol. The molecule has 2 aromatic carbocycles. The molecular formula is C22H22F3N3O2. The normalized spacial score (nSPS) is 21.4. The summed E-state index contributed by atoms with van der Waals surface area (Å²) in [4.78, 5) is 24.9. The molecule has 2 aromatic rings. The summed E-state index contributed by atoms with van der Waals surface area (Å²) in [5, 5.41) is 1.33. The van der Waals surface area contributed by atoms with Crippen molar-refractivity contribution < 1.29 is 22.8 Å². The summed E-state index contributed by atoms with van der Waals surface area (Å²) in [6.45, 7) is 2.82. The minimum Gasteiger partial charge on any atom is -0.338 e. The summed E-state index contributed by atoms with van der Waals surface area (Å²) in [6.07, 6.45) is -3.65. The van der Waals surface area contributed by atoms with Crippen molar-refractivity contribution in [3.05, 3.63) is 70.8 Å². The molecule has 1 amide bonds. The first kappa shape index (κ1) is 20.4. The number of hydrogen-bond acceptors (Lipinski definition) is 4. The highest BCUT2D eigenvalue weighted by Crippen LogP contribution is 2.33. The van der Waals surface area contributed by atoms with Crippen molar-refractivity contribution in [2.24, 2.45) is 4.99 Å². The molecule has 0 saturated carbocycles. The van der Waals surface area contributed by atoms with E-state index in [0.29, 0.717) is 13.1 Å². The van der Waals surface area contributed by atoms with Gasteiger partial charge in [0.15, 0.2) is 11.6 Å². The maximum Gasteiger partial charge on any atom is 0.416 e. The van der Waals surface area contributed by atoms with Gasteiger partial charge in [0.1, 0.15) is 0 Å². The Hall–Kier alpha value is -2.87. The number of hydroxylamine groups is 2. The lowest BCUT2D eigenvalue weighted by atomic mass is 9.99. The SMILES string of the molecule is CN1OC(C)(CC(=O)N2CCc3ccccc3C2)N=C1c1cccc(C(F)(F)F)c1. The molecule has 1 atom stereocenters. The molecule has 2 aliphatic heterocycles. The number of carbonyl (C=O) groups excluding carboxylic acids is 1. The highest BCUT2D eigenvalue weighted by molar-refractivity contribution is 5.99. The molecule has 2 aliphatic rings. The number of hydrogen-bond donors (Lipinski definition) is 0. The van der Waals surface area contributed by atoms with Gasteiger partial charge in [0, 0.05) is 25.7 Å². The van der Waals surface area contributed by atoms with Crippen molar-refractivity contribution in [2.45, 2.75) is 38.2 Å². The summed E-state index contributed by atoms with van der Waals surface area (Å²) in [5.74, 6) is 0.162. The van der Waals surface area contributed by atoms with Crippen LogP contribution in [0.4, 0.5) is 13.2 Å². The number of aliphatic imine (C=N–C) groups is 1. The highest BCUT2D eigenvalue weighted by Gasteiger charge is 2.40. The predicted octanol–water partition coefficient (Wildman–Crippen LogP) is 4.02. The van der Waals surface area contributed by atoms with Crippen LogP contribution in [0.5, 0.6) is 0 Å². The molecule has 5 nitrogen and oxygen atoms in total. The smallest absolute Gasteiger partial charge is 0.338 e. The van der Waals surface area contributed by atoms with Crippen LogP contribution in [0.25, 0.3) is 0 Å². The van der Waals surface area contributed by atoms with E-state index in [2.05, 4.69) is 11.1 Å². The number of carbonyl (C=O) groups is 1. The van der Waals surface area contributed by atoms with Crippen LogP contribution in [0.3, 0.4) is 0 Å². The van der Waals surface area contributed by atoms with Gasteiger partial charge >= 0.3 is 6.18 Å². The molecular weight excluding hydrogens is 395 g/mol. The third kappa shape index (κ3) is 4.05. The van der Waals surface area contributed by atoms with Crippen LogP contribution in [-0.2, 0) is 28.8 Å². The first-order chi connectivity index (χ1) is 14.1. The average Bonchev–Trinajstić information content (AvgIpc) is 3.01. The summed E-state index contributed by atoms with van der Waals surface area (Å²) in [6, 6.07) is 13.0. The van der Waals surface area contributed by atoms with Crippen LogP contribution in [0.2, 0.25) is 0 Å². The second-order valence-electron chi connectivity index (χ2n) is 7.79. The lowest BCUT2D eigenvalue weighted by Gasteiger charge is -2.31. The first-order valence-corrected chi connectivity index (χ1v) is 9.69. The summed E-state index contributed by atoms with van der Waals surface area (Å²) in [7, 11) is 1.58. The maximum atomic E-state index is 13.1. The Morgan fingerprint density at radius 3 is 2.63 bits per heavy atom. The Morgan fingerprint density at radius 1 is 1.17 bits per heavy atom. The average molecular weight is 417 g/mol. The van der Waals surface area contributed by atoms with E-state index in [1.165, 1.54) is 16.7 Å². The molecule has 0 aliphatic carbocycles. The fourth-order valence-corrected chi connectivity index (χ4v) is 3.91. The van der Waals surface area contributed by atoms with Gasteiger partial charge in [-0.2, -0.15) is 13.2 Å². The molecule has 0 aromatic heterocycles. The van der Waals surface area contributed by atoms with E-state index in [1.807, 2.05) is 18.2 Å². The lowest BCUT2D eigenvalue weighted by Crippen LogP contribution is -2.40. The van der Waals surface area contributed by atoms with Gasteiger partial charge in [-0.3, -0.25) is 4.79 Å². The second-order valence-corrected chi connectivity index (χ2v) is 7.79. The van der Waals surface area contributed by atoms with E-state index < -0.39 is 17.5 Å². The number of benzene rings is 2. The van der Waals surface area contributed by atoms with Gasteiger partial charge in [-0.25, -0.2) is 14.9 Å². The Kier molecular flexibility index (Phi) is 5.05. The zero-order chi connectivity index (χ0) is 21.5. The topological polar surface area (TPSA) is 45.1 Å². The van der Waals surface area contributed by atoms with E-state index in [0.717, 1.165) is 24.1 Å².